The lowest BCUT2D eigenvalue weighted by Gasteiger charge is -2.09. The van der Waals surface area contributed by atoms with E-state index in [0.29, 0.717) is 25.8 Å². The largest absolute Gasteiger partial charge is 0.481 e. The Bertz CT molecular complexity index is 876. The molecule has 2 aromatic carbocycles. The van der Waals surface area contributed by atoms with Crippen molar-refractivity contribution in [3.63, 3.8) is 0 Å². The molecule has 0 aliphatic carbocycles. The summed E-state index contributed by atoms with van der Waals surface area (Å²) in [5.74, 6) is -0.798. The fraction of sp³-hybridized carbons (Fsp3) is 0.435. The average molecular weight is 418 g/mol. The molecule has 0 atom stereocenters. The van der Waals surface area contributed by atoms with Gasteiger partial charge >= 0.3 is 5.97 Å². The smallest absolute Gasteiger partial charge is 0.307 e. The van der Waals surface area contributed by atoms with Crippen LogP contribution in [0, 0.1) is 0 Å². The first-order chi connectivity index (χ1) is 13.9. The lowest BCUT2D eigenvalue weighted by atomic mass is 10.0. The Hall–Kier alpha value is -2.18. The van der Waals surface area contributed by atoms with Crippen LogP contribution in [-0.2, 0) is 40.5 Å². The standard InChI is InChI=1S/C23H31NO4S/c1-2-3-7-19-11-13-20(14-12-19)15-17-29(27,28)24-16-6-10-21-8-4-5-9-22(21)18-23(25)26/h4-5,8-9,11-14,24H,2-3,6-7,10,15-18H2,1H3,(H,25,26). The van der Waals surface area contributed by atoms with Crippen LogP contribution in [0.4, 0.5) is 0 Å². The highest BCUT2D eigenvalue weighted by molar-refractivity contribution is 7.89. The van der Waals surface area contributed by atoms with Gasteiger partial charge in [0.1, 0.15) is 0 Å². The monoisotopic (exact) mass is 417 g/mol. The molecule has 0 unspecified atom stereocenters. The minimum absolute atomic E-state index is 0.0147. The van der Waals surface area contributed by atoms with Gasteiger partial charge in [-0.3, -0.25) is 4.79 Å². The van der Waals surface area contributed by atoms with Gasteiger partial charge in [-0.1, -0.05) is 61.9 Å². The topological polar surface area (TPSA) is 83.5 Å². The molecule has 2 rings (SSSR count). The predicted octanol–water partition coefficient (Wildman–Crippen LogP) is 3.75. The summed E-state index contributed by atoms with van der Waals surface area (Å²) in [7, 11) is -3.33. The molecular formula is C23H31NO4S. The van der Waals surface area contributed by atoms with E-state index in [-0.39, 0.29) is 12.2 Å². The number of aliphatic carboxylic acids is 1. The van der Waals surface area contributed by atoms with Crippen molar-refractivity contribution in [3.05, 3.63) is 70.8 Å². The van der Waals surface area contributed by atoms with Gasteiger partial charge in [0, 0.05) is 6.54 Å². The number of unbranched alkanes of at least 4 members (excludes halogenated alkanes) is 1. The molecule has 2 N–H and O–H groups in total. The number of aryl methyl sites for hydroxylation is 3. The van der Waals surface area contributed by atoms with Crippen LogP contribution >= 0.6 is 0 Å². The first-order valence-electron chi connectivity index (χ1n) is 10.2. The Morgan fingerprint density at radius 2 is 1.52 bits per heavy atom. The Kier molecular flexibility index (Phi) is 9.35. The molecule has 5 nitrogen and oxygen atoms in total. The number of carboxylic acids is 1. The zero-order valence-corrected chi connectivity index (χ0v) is 17.9. The van der Waals surface area contributed by atoms with E-state index in [1.54, 1.807) is 6.07 Å². The van der Waals surface area contributed by atoms with Crippen molar-refractivity contribution in [2.75, 3.05) is 12.3 Å². The van der Waals surface area contributed by atoms with Crippen molar-refractivity contribution < 1.29 is 18.3 Å². The van der Waals surface area contributed by atoms with Gasteiger partial charge in [-0.15, -0.1) is 0 Å². The molecule has 6 heteroatoms. The highest BCUT2D eigenvalue weighted by Gasteiger charge is 2.11. The lowest BCUT2D eigenvalue weighted by Crippen LogP contribution is -2.28. The maximum absolute atomic E-state index is 12.2. The fourth-order valence-corrected chi connectivity index (χ4v) is 4.33. The fourth-order valence-electron chi connectivity index (χ4n) is 3.22. The molecule has 0 amide bonds. The highest BCUT2D eigenvalue weighted by atomic mass is 32.2. The van der Waals surface area contributed by atoms with Crippen LogP contribution in [0.25, 0.3) is 0 Å². The van der Waals surface area contributed by atoms with E-state index in [1.807, 2.05) is 30.3 Å². The zero-order valence-electron chi connectivity index (χ0n) is 17.1. The van der Waals surface area contributed by atoms with Crippen molar-refractivity contribution in [3.8, 4) is 0 Å². The molecule has 0 bridgehead atoms. The average Bonchev–Trinajstić information content (AvgIpc) is 2.70. The number of sulfonamides is 1. The normalized spacial score (nSPS) is 11.5. The molecule has 0 saturated heterocycles. The Morgan fingerprint density at radius 1 is 0.897 bits per heavy atom. The molecule has 0 spiro atoms. The van der Waals surface area contributed by atoms with E-state index in [2.05, 4.69) is 23.8 Å². The Morgan fingerprint density at radius 3 is 2.14 bits per heavy atom. The van der Waals surface area contributed by atoms with Crippen LogP contribution in [-0.4, -0.2) is 31.8 Å². The van der Waals surface area contributed by atoms with E-state index in [1.165, 1.54) is 12.0 Å². The van der Waals surface area contributed by atoms with Gasteiger partial charge in [-0.05, 0) is 54.4 Å². The molecule has 0 fully saturated rings. The van der Waals surface area contributed by atoms with Crippen LogP contribution in [0.5, 0.6) is 0 Å². The minimum atomic E-state index is -3.33. The summed E-state index contributed by atoms with van der Waals surface area (Å²) in [6.07, 6.45) is 5.14. The van der Waals surface area contributed by atoms with E-state index in [0.717, 1.165) is 29.5 Å². The summed E-state index contributed by atoms with van der Waals surface area (Å²) in [5, 5.41) is 8.98. The molecule has 0 aliphatic heterocycles. The van der Waals surface area contributed by atoms with Crippen molar-refractivity contribution in [2.24, 2.45) is 0 Å². The van der Waals surface area contributed by atoms with Gasteiger partial charge in [0.15, 0.2) is 0 Å². The van der Waals surface area contributed by atoms with Gasteiger partial charge in [0.2, 0.25) is 10.0 Å². The lowest BCUT2D eigenvalue weighted by molar-refractivity contribution is -0.136. The summed E-state index contributed by atoms with van der Waals surface area (Å²) in [6.45, 7) is 2.51. The molecule has 158 valence electrons. The van der Waals surface area contributed by atoms with Crippen LogP contribution in [0.2, 0.25) is 0 Å². The predicted molar refractivity (Wildman–Crippen MR) is 117 cm³/mol. The molecule has 29 heavy (non-hydrogen) atoms. The van der Waals surface area contributed by atoms with Crippen molar-refractivity contribution in [1.82, 2.24) is 4.72 Å². The number of carbonyl (C=O) groups is 1. The molecule has 0 heterocycles. The van der Waals surface area contributed by atoms with Crippen molar-refractivity contribution >= 4 is 16.0 Å². The summed E-state index contributed by atoms with van der Waals surface area (Å²) in [5.41, 5.74) is 4.06. The second-order valence-corrected chi connectivity index (χ2v) is 9.25. The number of nitrogens with one attached hydrogen (secondary N) is 1. The van der Waals surface area contributed by atoms with Crippen LogP contribution in [0.1, 0.15) is 48.4 Å². The molecule has 0 aliphatic rings. The Balaban J connectivity index is 1.75. The van der Waals surface area contributed by atoms with E-state index in [9.17, 15) is 13.2 Å². The van der Waals surface area contributed by atoms with Gasteiger partial charge in [0.05, 0.1) is 12.2 Å². The van der Waals surface area contributed by atoms with Gasteiger partial charge in [-0.25, -0.2) is 13.1 Å². The quantitative estimate of drug-likeness (QED) is 0.486. The van der Waals surface area contributed by atoms with Crippen molar-refractivity contribution in [1.29, 1.82) is 0 Å². The maximum Gasteiger partial charge on any atom is 0.307 e. The van der Waals surface area contributed by atoms with Crippen LogP contribution in [0.15, 0.2) is 48.5 Å². The maximum atomic E-state index is 12.2. The third kappa shape index (κ3) is 8.79. The number of carboxylic acid groups (broad SMARTS) is 1. The molecule has 0 aromatic heterocycles. The first-order valence-corrected chi connectivity index (χ1v) is 11.9. The zero-order chi connectivity index (χ0) is 21.1. The minimum Gasteiger partial charge on any atom is -0.481 e. The van der Waals surface area contributed by atoms with Crippen LogP contribution < -0.4 is 4.72 Å². The summed E-state index contributed by atoms with van der Waals surface area (Å²) in [6, 6.07) is 15.6. The second-order valence-electron chi connectivity index (χ2n) is 7.33. The third-order valence-electron chi connectivity index (χ3n) is 4.91. The number of hydrogen-bond acceptors (Lipinski definition) is 3. The van der Waals surface area contributed by atoms with E-state index >= 15 is 0 Å². The van der Waals surface area contributed by atoms with Crippen LogP contribution in [0.3, 0.4) is 0 Å². The highest BCUT2D eigenvalue weighted by Crippen LogP contribution is 2.12. The second kappa shape index (κ2) is 11.7. The summed E-state index contributed by atoms with van der Waals surface area (Å²) >= 11 is 0. The van der Waals surface area contributed by atoms with E-state index < -0.39 is 16.0 Å². The third-order valence-corrected chi connectivity index (χ3v) is 6.29. The summed E-state index contributed by atoms with van der Waals surface area (Å²) < 4.78 is 27.1. The van der Waals surface area contributed by atoms with Crippen molar-refractivity contribution in [2.45, 2.75) is 51.9 Å². The summed E-state index contributed by atoms with van der Waals surface area (Å²) in [4.78, 5) is 10.9. The molecule has 0 radical (unpaired) electrons. The number of hydrogen-bond donors (Lipinski definition) is 2. The SMILES string of the molecule is CCCCc1ccc(CCS(=O)(=O)NCCCc2ccccc2CC(=O)O)cc1. The van der Waals surface area contributed by atoms with Gasteiger partial charge < -0.3 is 5.11 Å². The van der Waals surface area contributed by atoms with Gasteiger partial charge in [0.25, 0.3) is 0 Å². The Labute approximate surface area is 174 Å². The molecule has 2 aromatic rings. The number of rotatable bonds is 13. The van der Waals surface area contributed by atoms with E-state index in [4.69, 9.17) is 5.11 Å². The first kappa shape index (κ1) is 23.1. The van der Waals surface area contributed by atoms with Gasteiger partial charge in [-0.2, -0.15) is 0 Å². The number of benzene rings is 2. The molecule has 0 saturated carbocycles. The molecular weight excluding hydrogens is 386 g/mol.